The quantitative estimate of drug-likeness (QED) is 0.439. The Morgan fingerprint density at radius 2 is 2.00 bits per heavy atom. The molecule has 1 nitrogen and oxygen atoms in total. The Hall–Kier alpha value is -0.300. The molecule has 16 heavy (non-hydrogen) atoms. The Bertz CT molecular complexity index is 415. The molecule has 0 radical (unpaired) electrons. The molecule has 0 N–H and O–H groups in total. The van der Waals surface area contributed by atoms with E-state index in [0.717, 1.165) is 6.07 Å². The number of hydrogen-bond donors (Lipinski definition) is 0. The summed E-state index contributed by atoms with van der Waals surface area (Å²) >= 11 is 7.08. The Kier molecular flexibility index (Phi) is 4.23. The number of hydrogen-bond acceptors (Lipinski definition) is 1. The number of Topliss-reactive ketones (excluding diaryl/α,β-unsaturated/α-hetero) is 1. The molecule has 0 bridgehead atoms. The zero-order valence-electron chi connectivity index (χ0n) is 8.11. The van der Waals surface area contributed by atoms with E-state index in [0.29, 0.717) is 0 Å². The molecule has 6 heteroatoms. The Morgan fingerprint density at radius 3 is 2.44 bits per heavy atom. The Labute approximate surface area is 109 Å². The minimum Gasteiger partial charge on any atom is -0.292 e. The van der Waals surface area contributed by atoms with Crippen molar-refractivity contribution in [1.82, 2.24) is 0 Å². The van der Waals surface area contributed by atoms with Gasteiger partial charge in [-0.1, -0.05) is 12.1 Å². The number of benzene rings is 1. The first-order valence-corrected chi connectivity index (χ1v) is 5.80. The molecule has 1 unspecified atom stereocenters. The first kappa shape index (κ1) is 13.8. The van der Waals surface area contributed by atoms with E-state index >= 15 is 0 Å². The summed E-state index contributed by atoms with van der Waals surface area (Å²) in [7, 11) is 0. The van der Waals surface area contributed by atoms with Gasteiger partial charge in [-0.3, -0.25) is 4.79 Å². The molecule has 0 aliphatic heterocycles. The van der Waals surface area contributed by atoms with E-state index in [-0.39, 0.29) is 9.13 Å². The molecule has 0 aliphatic rings. The van der Waals surface area contributed by atoms with Crippen molar-refractivity contribution in [3.05, 3.63) is 32.9 Å². The summed E-state index contributed by atoms with van der Waals surface area (Å²) in [6.45, 7) is 1.43. The van der Waals surface area contributed by atoms with Crippen LogP contribution < -0.4 is 0 Å². The molecule has 0 heterocycles. The smallest absolute Gasteiger partial charge is 0.292 e. The maximum atomic E-state index is 12.5. The van der Waals surface area contributed by atoms with Crippen LogP contribution in [0.15, 0.2) is 18.2 Å². The van der Waals surface area contributed by atoms with Gasteiger partial charge in [0.15, 0.2) is 5.78 Å². The second kappa shape index (κ2) is 4.91. The molecule has 0 amide bonds. The highest BCUT2D eigenvalue weighted by Crippen LogP contribution is 2.34. The Morgan fingerprint density at radius 1 is 1.44 bits per heavy atom. The second-order valence-electron chi connectivity index (χ2n) is 3.15. The van der Waals surface area contributed by atoms with Crippen molar-refractivity contribution in [1.29, 1.82) is 0 Å². The number of rotatable bonds is 2. The molecule has 0 saturated heterocycles. The van der Waals surface area contributed by atoms with Gasteiger partial charge in [0.2, 0.25) is 0 Å². The van der Waals surface area contributed by atoms with Crippen molar-refractivity contribution < 1.29 is 18.0 Å². The van der Waals surface area contributed by atoms with Crippen molar-refractivity contribution >= 4 is 40.0 Å². The summed E-state index contributed by atoms with van der Waals surface area (Å²) in [5.74, 6) is -0.503. The molecule has 0 fully saturated rings. The fraction of sp³-hybridized carbons (Fsp3) is 0.300. The van der Waals surface area contributed by atoms with Gasteiger partial charge < -0.3 is 0 Å². The molecular formula is C10H7ClF3IO. The van der Waals surface area contributed by atoms with Crippen LogP contribution >= 0.6 is 34.2 Å². The van der Waals surface area contributed by atoms with Gasteiger partial charge in [0.25, 0.3) is 0 Å². The van der Waals surface area contributed by atoms with Crippen LogP contribution in [0.2, 0.25) is 0 Å². The van der Waals surface area contributed by atoms with E-state index in [9.17, 15) is 18.0 Å². The molecule has 0 aliphatic carbocycles. The highest BCUT2D eigenvalue weighted by Gasteiger charge is 2.34. The van der Waals surface area contributed by atoms with Gasteiger partial charge in [-0.25, -0.2) is 0 Å². The SMILES string of the molecule is CC(Cl)C(=O)c1cccc(C(F)(F)F)c1I. The molecule has 1 aromatic carbocycles. The van der Waals surface area contributed by atoms with Crippen molar-refractivity contribution in [2.24, 2.45) is 0 Å². The lowest BCUT2D eigenvalue weighted by Crippen LogP contribution is -2.16. The highest BCUT2D eigenvalue weighted by atomic mass is 127. The topological polar surface area (TPSA) is 17.1 Å². The molecule has 0 spiro atoms. The maximum absolute atomic E-state index is 12.5. The van der Waals surface area contributed by atoms with Crippen LogP contribution in [0.3, 0.4) is 0 Å². The van der Waals surface area contributed by atoms with Crippen LogP contribution in [-0.4, -0.2) is 11.2 Å². The summed E-state index contributed by atoms with van der Waals surface area (Å²) in [5, 5.41) is -0.836. The number of alkyl halides is 4. The third-order valence-corrected chi connectivity index (χ3v) is 3.29. The van der Waals surface area contributed by atoms with Crippen LogP contribution in [0.25, 0.3) is 0 Å². The summed E-state index contributed by atoms with van der Waals surface area (Å²) < 4.78 is 37.5. The van der Waals surface area contributed by atoms with Gasteiger partial charge in [0.1, 0.15) is 0 Å². The average Bonchev–Trinajstić information content (AvgIpc) is 2.15. The summed E-state index contributed by atoms with van der Waals surface area (Å²) in [6.07, 6.45) is -4.46. The standard InChI is InChI=1S/C10H7ClF3IO/c1-5(11)9(16)6-3-2-4-7(8(6)15)10(12,13)14/h2-5H,1H3. The highest BCUT2D eigenvalue weighted by molar-refractivity contribution is 14.1. The first-order chi connectivity index (χ1) is 7.25. The predicted molar refractivity (Wildman–Crippen MR) is 63.8 cm³/mol. The number of carbonyl (C=O) groups is 1. The summed E-state index contributed by atoms with van der Waals surface area (Å²) in [6, 6.07) is 3.49. The van der Waals surface area contributed by atoms with Crippen LogP contribution in [-0.2, 0) is 6.18 Å². The van der Waals surface area contributed by atoms with Gasteiger partial charge in [-0.15, -0.1) is 11.6 Å². The minimum absolute atomic E-state index is 0.0120. The molecular weight excluding hydrogens is 355 g/mol. The molecule has 1 atom stereocenters. The zero-order chi connectivity index (χ0) is 12.5. The number of carbonyl (C=O) groups excluding carboxylic acids is 1. The number of ketones is 1. The maximum Gasteiger partial charge on any atom is 0.417 e. The van der Waals surface area contributed by atoms with Crippen LogP contribution in [0, 0.1) is 3.57 Å². The van der Waals surface area contributed by atoms with E-state index < -0.39 is 22.9 Å². The van der Waals surface area contributed by atoms with Gasteiger partial charge in [-0.05, 0) is 35.6 Å². The van der Waals surface area contributed by atoms with Crippen molar-refractivity contribution in [3.63, 3.8) is 0 Å². The fourth-order valence-corrected chi connectivity index (χ4v) is 2.20. The minimum atomic E-state index is -4.46. The molecule has 1 aromatic rings. The van der Waals surface area contributed by atoms with Gasteiger partial charge in [0, 0.05) is 9.13 Å². The van der Waals surface area contributed by atoms with E-state index in [1.165, 1.54) is 41.6 Å². The van der Waals surface area contributed by atoms with E-state index in [1.54, 1.807) is 0 Å². The first-order valence-electron chi connectivity index (χ1n) is 4.29. The lowest BCUT2D eigenvalue weighted by atomic mass is 10.1. The summed E-state index contributed by atoms with van der Waals surface area (Å²) in [4.78, 5) is 11.5. The molecule has 0 aromatic heterocycles. The third kappa shape index (κ3) is 2.88. The molecule has 0 saturated carbocycles. The van der Waals surface area contributed by atoms with E-state index in [2.05, 4.69) is 0 Å². The predicted octanol–water partition coefficient (Wildman–Crippen LogP) is 4.12. The van der Waals surface area contributed by atoms with Crippen LogP contribution in [0.4, 0.5) is 13.2 Å². The van der Waals surface area contributed by atoms with Gasteiger partial charge in [0.05, 0.1) is 10.9 Å². The monoisotopic (exact) mass is 362 g/mol. The Balaban J connectivity index is 3.30. The van der Waals surface area contributed by atoms with Crippen LogP contribution in [0.5, 0.6) is 0 Å². The summed E-state index contributed by atoms with van der Waals surface area (Å²) in [5.41, 5.74) is -0.797. The normalized spacial score (nSPS) is 13.6. The van der Waals surface area contributed by atoms with E-state index in [4.69, 9.17) is 11.6 Å². The van der Waals surface area contributed by atoms with Crippen molar-refractivity contribution in [2.75, 3.05) is 0 Å². The van der Waals surface area contributed by atoms with Crippen molar-refractivity contribution in [2.45, 2.75) is 18.5 Å². The fourth-order valence-electron chi connectivity index (χ4n) is 1.16. The lowest BCUT2D eigenvalue weighted by Gasteiger charge is -2.12. The number of halogens is 5. The second-order valence-corrected chi connectivity index (χ2v) is 4.88. The average molecular weight is 363 g/mol. The third-order valence-electron chi connectivity index (χ3n) is 1.93. The molecule has 1 rings (SSSR count). The van der Waals surface area contributed by atoms with Crippen LogP contribution in [0.1, 0.15) is 22.8 Å². The lowest BCUT2D eigenvalue weighted by molar-refractivity contribution is -0.138. The molecule has 88 valence electrons. The largest absolute Gasteiger partial charge is 0.417 e. The zero-order valence-corrected chi connectivity index (χ0v) is 11.0. The van der Waals surface area contributed by atoms with Gasteiger partial charge in [-0.2, -0.15) is 13.2 Å². The van der Waals surface area contributed by atoms with Crippen molar-refractivity contribution in [3.8, 4) is 0 Å². The van der Waals surface area contributed by atoms with E-state index in [1.807, 2.05) is 0 Å². The van der Waals surface area contributed by atoms with Gasteiger partial charge >= 0.3 is 6.18 Å².